The van der Waals surface area contributed by atoms with E-state index in [2.05, 4.69) is 10.4 Å². The molecule has 0 saturated carbocycles. The Labute approximate surface area is 165 Å². The van der Waals surface area contributed by atoms with E-state index in [9.17, 15) is 14.4 Å². The number of fused-ring (bicyclic) bond motifs is 1. The highest BCUT2D eigenvalue weighted by atomic mass is 16.4. The molecule has 1 amide bonds. The summed E-state index contributed by atoms with van der Waals surface area (Å²) in [5, 5.41) is 7.68. The van der Waals surface area contributed by atoms with Crippen molar-refractivity contribution in [3.8, 4) is 0 Å². The fourth-order valence-corrected chi connectivity index (χ4v) is 3.04. The van der Waals surface area contributed by atoms with Gasteiger partial charge in [-0.25, -0.2) is 9.48 Å². The van der Waals surface area contributed by atoms with Crippen LogP contribution in [0.3, 0.4) is 0 Å². The molecule has 0 atom stereocenters. The number of carbonyl (C=O) groups is 1. The summed E-state index contributed by atoms with van der Waals surface area (Å²) in [6, 6.07) is 18.6. The van der Waals surface area contributed by atoms with E-state index in [1.807, 2.05) is 37.3 Å². The van der Waals surface area contributed by atoms with Crippen LogP contribution in [-0.4, -0.2) is 15.7 Å². The lowest BCUT2D eigenvalue weighted by Gasteiger charge is -2.09. The minimum absolute atomic E-state index is 0.103. The molecule has 0 saturated heterocycles. The van der Waals surface area contributed by atoms with Crippen molar-refractivity contribution in [1.29, 1.82) is 0 Å². The number of hydrogen-bond acceptors (Lipinski definition) is 5. The van der Waals surface area contributed by atoms with E-state index >= 15 is 0 Å². The Hall–Kier alpha value is -4.00. The molecule has 0 fully saturated rings. The largest absolute Gasteiger partial charge is 0.423 e. The van der Waals surface area contributed by atoms with Crippen LogP contribution in [0.25, 0.3) is 11.0 Å². The van der Waals surface area contributed by atoms with Gasteiger partial charge in [0.2, 0.25) is 0 Å². The number of nitrogens with zero attached hydrogens (tertiary/aromatic N) is 2. The van der Waals surface area contributed by atoms with Crippen LogP contribution in [0.5, 0.6) is 0 Å². The van der Waals surface area contributed by atoms with Gasteiger partial charge >= 0.3 is 5.63 Å². The maximum Gasteiger partial charge on any atom is 0.336 e. The Morgan fingerprint density at radius 2 is 1.83 bits per heavy atom. The number of nitrogens with one attached hydrogen (secondary N) is 1. The Bertz CT molecular complexity index is 1320. The number of rotatable bonds is 4. The second-order valence-electron chi connectivity index (χ2n) is 6.61. The summed E-state index contributed by atoms with van der Waals surface area (Å²) in [6.07, 6.45) is 0. The first-order valence-electron chi connectivity index (χ1n) is 8.97. The molecule has 0 unspecified atom stereocenters. The Morgan fingerprint density at radius 3 is 2.62 bits per heavy atom. The van der Waals surface area contributed by atoms with Gasteiger partial charge in [0.1, 0.15) is 11.3 Å². The first-order valence-corrected chi connectivity index (χ1v) is 8.97. The normalized spacial score (nSPS) is 10.8. The molecule has 29 heavy (non-hydrogen) atoms. The van der Waals surface area contributed by atoms with Crippen molar-refractivity contribution in [2.75, 3.05) is 5.32 Å². The van der Waals surface area contributed by atoms with Gasteiger partial charge in [-0.2, -0.15) is 5.10 Å². The first-order chi connectivity index (χ1) is 14.0. The van der Waals surface area contributed by atoms with Gasteiger partial charge in [-0.3, -0.25) is 9.59 Å². The second kappa shape index (κ2) is 7.55. The molecular formula is C22H17N3O4. The Morgan fingerprint density at radius 1 is 1.03 bits per heavy atom. The predicted octanol–water partition coefficient (Wildman–Crippen LogP) is 2.96. The number of amides is 1. The number of aryl methyl sites for hydroxylation is 1. The van der Waals surface area contributed by atoms with Crippen LogP contribution < -0.4 is 16.5 Å². The van der Waals surface area contributed by atoms with Crippen LogP contribution >= 0.6 is 0 Å². The third kappa shape index (κ3) is 3.98. The van der Waals surface area contributed by atoms with Crippen LogP contribution in [0, 0.1) is 6.92 Å². The summed E-state index contributed by atoms with van der Waals surface area (Å²) in [5.41, 5.74) is 1.89. The van der Waals surface area contributed by atoms with Crippen molar-refractivity contribution in [2.45, 2.75) is 13.5 Å². The van der Waals surface area contributed by atoms with Crippen molar-refractivity contribution in [3.63, 3.8) is 0 Å². The minimum atomic E-state index is -0.471. The molecule has 2 aromatic heterocycles. The van der Waals surface area contributed by atoms with Crippen LogP contribution in [0.15, 0.2) is 80.7 Å². The van der Waals surface area contributed by atoms with Gasteiger partial charge in [-0.15, -0.1) is 0 Å². The maximum atomic E-state index is 12.6. The number of hydrogen-bond donors (Lipinski definition) is 1. The predicted molar refractivity (Wildman–Crippen MR) is 109 cm³/mol. The molecule has 4 rings (SSSR count). The summed E-state index contributed by atoms with van der Waals surface area (Å²) >= 11 is 0. The van der Waals surface area contributed by atoms with Crippen LogP contribution in [0.2, 0.25) is 0 Å². The molecule has 0 radical (unpaired) electrons. The van der Waals surface area contributed by atoms with Crippen LogP contribution in [0.4, 0.5) is 5.69 Å². The SMILES string of the molecule is Cc1cc(=O)oc2cc(NC(=O)c3ccc(=O)n(Cc4ccccc4)n3)ccc12. The molecule has 0 aliphatic rings. The molecule has 144 valence electrons. The second-order valence-corrected chi connectivity index (χ2v) is 6.61. The molecule has 2 heterocycles. The third-order valence-corrected chi connectivity index (χ3v) is 4.48. The lowest BCUT2D eigenvalue weighted by atomic mass is 10.1. The molecule has 1 N–H and O–H groups in total. The fourth-order valence-electron chi connectivity index (χ4n) is 3.04. The standard InChI is InChI=1S/C22H17N3O4/c1-14-11-21(27)29-19-12-16(7-8-17(14)19)23-22(28)18-9-10-20(26)25(24-18)13-15-5-3-2-4-6-15/h2-12H,13H2,1H3,(H,23,28). The van der Waals surface area contributed by atoms with Gasteiger partial charge < -0.3 is 9.73 Å². The van der Waals surface area contributed by atoms with Gasteiger partial charge in [0.05, 0.1) is 6.54 Å². The zero-order valence-corrected chi connectivity index (χ0v) is 15.6. The highest BCUT2D eigenvalue weighted by molar-refractivity contribution is 6.03. The van der Waals surface area contributed by atoms with Gasteiger partial charge in [0, 0.05) is 29.3 Å². The molecular weight excluding hydrogens is 370 g/mol. The number of benzene rings is 2. The highest BCUT2D eigenvalue weighted by Crippen LogP contribution is 2.21. The third-order valence-electron chi connectivity index (χ3n) is 4.48. The van der Waals surface area contributed by atoms with E-state index in [1.165, 1.54) is 22.9 Å². The smallest absolute Gasteiger partial charge is 0.336 e. The van der Waals surface area contributed by atoms with E-state index in [4.69, 9.17) is 4.42 Å². The Balaban J connectivity index is 1.60. The van der Waals surface area contributed by atoms with E-state index in [-0.39, 0.29) is 17.8 Å². The molecule has 7 nitrogen and oxygen atoms in total. The average Bonchev–Trinajstić information content (AvgIpc) is 2.70. The van der Waals surface area contributed by atoms with E-state index < -0.39 is 11.5 Å². The van der Waals surface area contributed by atoms with Crippen LogP contribution in [0.1, 0.15) is 21.6 Å². The van der Waals surface area contributed by atoms with Crippen molar-refractivity contribution >= 4 is 22.6 Å². The molecule has 2 aromatic carbocycles. The van der Waals surface area contributed by atoms with E-state index in [0.717, 1.165) is 16.5 Å². The molecule has 0 aliphatic heterocycles. The van der Waals surface area contributed by atoms with Gasteiger partial charge in [0.25, 0.3) is 11.5 Å². The first kappa shape index (κ1) is 18.4. The van der Waals surface area contributed by atoms with Crippen molar-refractivity contribution in [1.82, 2.24) is 9.78 Å². The fraction of sp³-hybridized carbons (Fsp3) is 0.0909. The van der Waals surface area contributed by atoms with E-state index in [1.54, 1.807) is 18.2 Å². The zero-order chi connectivity index (χ0) is 20.4. The number of carbonyl (C=O) groups excluding carboxylic acids is 1. The van der Waals surface area contributed by atoms with Crippen molar-refractivity contribution in [2.24, 2.45) is 0 Å². The van der Waals surface area contributed by atoms with E-state index in [0.29, 0.717) is 11.3 Å². The summed E-state index contributed by atoms with van der Waals surface area (Å²) in [7, 11) is 0. The quantitative estimate of drug-likeness (QED) is 0.543. The van der Waals surface area contributed by atoms with Gasteiger partial charge in [-0.05, 0) is 36.2 Å². The van der Waals surface area contributed by atoms with Gasteiger partial charge in [0.15, 0.2) is 0 Å². The summed E-state index contributed by atoms with van der Waals surface area (Å²) in [4.78, 5) is 36.3. The molecule has 0 aliphatic carbocycles. The lowest BCUT2D eigenvalue weighted by molar-refractivity contribution is 0.102. The molecule has 7 heteroatoms. The minimum Gasteiger partial charge on any atom is -0.423 e. The van der Waals surface area contributed by atoms with Gasteiger partial charge in [-0.1, -0.05) is 30.3 Å². The number of aromatic nitrogens is 2. The van der Waals surface area contributed by atoms with Crippen molar-refractivity contribution < 1.29 is 9.21 Å². The summed E-state index contributed by atoms with van der Waals surface area (Å²) in [6.45, 7) is 2.08. The lowest BCUT2D eigenvalue weighted by Crippen LogP contribution is -2.26. The summed E-state index contributed by atoms with van der Waals surface area (Å²) < 4.78 is 6.45. The number of anilines is 1. The zero-order valence-electron chi connectivity index (χ0n) is 15.6. The van der Waals surface area contributed by atoms with Crippen LogP contribution in [-0.2, 0) is 6.54 Å². The maximum absolute atomic E-state index is 12.6. The molecule has 0 bridgehead atoms. The molecule has 0 spiro atoms. The topological polar surface area (TPSA) is 94.2 Å². The van der Waals surface area contributed by atoms with Crippen molar-refractivity contribution in [3.05, 3.63) is 104 Å². The molecule has 4 aromatic rings. The highest BCUT2D eigenvalue weighted by Gasteiger charge is 2.12. The monoisotopic (exact) mass is 387 g/mol. The average molecular weight is 387 g/mol. The summed E-state index contributed by atoms with van der Waals surface area (Å²) in [5.74, 6) is -0.471. The Kier molecular flexibility index (Phi) is 4.78.